The molecular formula is C34H46N2O6. The van der Waals surface area contributed by atoms with Crippen LogP contribution in [0.1, 0.15) is 50.2 Å². The van der Waals surface area contributed by atoms with Gasteiger partial charge < -0.3 is 25.2 Å². The molecule has 0 aromatic heterocycles. The van der Waals surface area contributed by atoms with E-state index in [0.717, 1.165) is 24.0 Å². The molecule has 8 heteroatoms. The number of hydrogen-bond donors (Lipinski definition) is 3. The number of aliphatic hydroxyl groups is 1. The average Bonchev–Trinajstić information content (AvgIpc) is 2.99. The molecule has 2 rings (SSSR count). The number of amides is 2. The van der Waals surface area contributed by atoms with Gasteiger partial charge in [-0.05, 0) is 50.2 Å². The third-order valence-electron chi connectivity index (χ3n) is 6.76. The Balaban J connectivity index is 2.09. The second-order valence-electron chi connectivity index (χ2n) is 10.5. The summed E-state index contributed by atoms with van der Waals surface area (Å²) in [6.07, 6.45) is 6.48. The van der Waals surface area contributed by atoms with E-state index in [4.69, 9.17) is 9.47 Å². The molecule has 0 saturated carbocycles. The highest BCUT2D eigenvalue weighted by Gasteiger charge is 2.26. The zero-order valence-electron chi connectivity index (χ0n) is 24.7. The number of carbonyl (C=O) groups excluding carboxylic acids is 3. The minimum absolute atomic E-state index is 0.0674. The molecule has 0 heterocycles. The second kappa shape index (κ2) is 20.2. The van der Waals surface area contributed by atoms with Crippen molar-refractivity contribution in [3.8, 4) is 0 Å². The summed E-state index contributed by atoms with van der Waals surface area (Å²) < 4.78 is 11.7. The van der Waals surface area contributed by atoms with Gasteiger partial charge in [0.2, 0.25) is 11.8 Å². The molecule has 42 heavy (non-hydrogen) atoms. The molecule has 0 aliphatic heterocycles. The molecule has 0 bridgehead atoms. The highest BCUT2D eigenvalue weighted by Crippen LogP contribution is 2.18. The zero-order valence-corrected chi connectivity index (χ0v) is 24.7. The van der Waals surface area contributed by atoms with Crippen molar-refractivity contribution in [1.29, 1.82) is 0 Å². The third kappa shape index (κ3) is 13.7. The zero-order chi connectivity index (χ0) is 30.6. The van der Waals surface area contributed by atoms with Crippen molar-refractivity contribution in [3.63, 3.8) is 0 Å². The average molecular weight is 579 g/mol. The summed E-state index contributed by atoms with van der Waals surface area (Å²) in [6.45, 7) is 9.35. The lowest BCUT2D eigenvalue weighted by Gasteiger charge is -2.24. The van der Waals surface area contributed by atoms with Gasteiger partial charge in [-0.1, -0.05) is 72.8 Å². The lowest BCUT2D eigenvalue weighted by molar-refractivity contribution is -0.150. The van der Waals surface area contributed by atoms with E-state index in [1.807, 2.05) is 66.7 Å². The van der Waals surface area contributed by atoms with Crippen molar-refractivity contribution in [2.45, 2.75) is 64.1 Å². The van der Waals surface area contributed by atoms with Gasteiger partial charge in [-0.2, -0.15) is 0 Å². The number of nitrogens with one attached hydrogen (secondary N) is 2. The molecule has 4 atom stereocenters. The van der Waals surface area contributed by atoms with Crippen molar-refractivity contribution in [3.05, 3.63) is 97.1 Å². The number of aliphatic hydroxyl groups excluding tert-OH is 1. The summed E-state index contributed by atoms with van der Waals surface area (Å²) in [5, 5.41) is 14.8. The minimum atomic E-state index is -0.676. The van der Waals surface area contributed by atoms with Crippen LogP contribution in [0.2, 0.25) is 0 Å². The Morgan fingerprint density at radius 3 is 2.19 bits per heavy atom. The van der Waals surface area contributed by atoms with E-state index < -0.39 is 18.0 Å². The fourth-order valence-electron chi connectivity index (χ4n) is 4.44. The summed E-state index contributed by atoms with van der Waals surface area (Å²) in [7, 11) is 0. The summed E-state index contributed by atoms with van der Waals surface area (Å²) in [4.78, 5) is 38.9. The van der Waals surface area contributed by atoms with Gasteiger partial charge in [-0.25, -0.2) is 0 Å². The van der Waals surface area contributed by atoms with Gasteiger partial charge in [0.05, 0.1) is 37.7 Å². The van der Waals surface area contributed by atoms with Crippen LogP contribution in [0.3, 0.4) is 0 Å². The Kier molecular flexibility index (Phi) is 16.6. The number of esters is 1. The molecule has 0 aliphatic rings. The number of benzene rings is 2. The van der Waals surface area contributed by atoms with Gasteiger partial charge in [-0.15, -0.1) is 13.2 Å². The van der Waals surface area contributed by atoms with E-state index in [2.05, 4.69) is 23.8 Å². The molecule has 2 amide bonds. The minimum Gasteiger partial charge on any atom is -0.463 e. The van der Waals surface area contributed by atoms with E-state index in [1.54, 1.807) is 13.0 Å². The smallest absolute Gasteiger partial charge is 0.309 e. The first-order chi connectivity index (χ1) is 20.4. The SMILES string of the molecule is C=CCCC[C@H](Cc1ccccc1)C(=O)OC[C@H](COCc1ccccc1)NC(=O)[C@H](CC=C)CC(=O)N[C@@H](C)CO. The number of ether oxygens (including phenoxy) is 2. The maximum atomic E-state index is 13.3. The Labute approximate surface area is 250 Å². The third-order valence-corrected chi connectivity index (χ3v) is 6.76. The van der Waals surface area contributed by atoms with Crippen molar-refractivity contribution in [2.24, 2.45) is 11.8 Å². The Hall–Kier alpha value is -3.75. The Bertz CT molecular complexity index is 1090. The van der Waals surface area contributed by atoms with Gasteiger partial charge in [0.1, 0.15) is 6.61 Å². The van der Waals surface area contributed by atoms with Gasteiger partial charge >= 0.3 is 5.97 Å². The molecule has 228 valence electrons. The number of hydrogen-bond acceptors (Lipinski definition) is 6. The van der Waals surface area contributed by atoms with Crippen molar-refractivity contribution < 1.29 is 29.0 Å². The molecular weight excluding hydrogens is 532 g/mol. The van der Waals surface area contributed by atoms with Crippen LogP contribution in [0, 0.1) is 11.8 Å². The number of allylic oxidation sites excluding steroid dienone is 2. The van der Waals surface area contributed by atoms with Crippen LogP contribution in [-0.2, 0) is 36.9 Å². The molecule has 3 N–H and O–H groups in total. The molecule has 8 nitrogen and oxygen atoms in total. The first-order valence-corrected chi connectivity index (χ1v) is 14.6. The normalized spacial score (nSPS) is 13.7. The van der Waals surface area contributed by atoms with Crippen LogP contribution in [0.15, 0.2) is 86.0 Å². The number of carbonyl (C=O) groups is 3. The van der Waals surface area contributed by atoms with Crippen LogP contribution < -0.4 is 10.6 Å². The molecule has 0 unspecified atom stereocenters. The van der Waals surface area contributed by atoms with Crippen molar-refractivity contribution in [2.75, 3.05) is 19.8 Å². The molecule has 2 aromatic carbocycles. The van der Waals surface area contributed by atoms with Crippen LogP contribution >= 0.6 is 0 Å². The van der Waals surface area contributed by atoms with Crippen molar-refractivity contribution in [1.82, 2.24) is 10.6 Å². The Morgan fingerprint density at radius 2 is 1.57 bits per heavy atom. The summed E-state index contributed by atoms with van der Waals surface area (Å²) in [6, 6.07) is 18.4. The first-order valence-electron chi connectivity index (χ1n) is 14.6. The standard InChI is InChI=1S/C34H46N2O6/c1-4-6-9-19-30(20-27-15-10-7-11-16-27)34(40)42-25-31(24-41-23-28-17-12-8-13-18-28)36-33(39)29(14-5-2)21-32(38)35-26(3)22-37/h4-5,7-8,10-13,15-18,26,29-31,37H,1-2,6,9,14,19-25H2,3H3,(H,35,38)(H,36,39)/t26-,29+,30+,31-/m0/s1. The first kappa shape index (κ1) is 34.5. The predicted molar refractivity (Wildman–Crippen MR) is 164 cm³/mol. The lowest BCUT2D eigenvalue weighted by atomic mass is 9.94. The van der Waals surface area contributed by atoms with E-state index in [0.29, 0.717) is 19.4 Å². The maximum Gasteiger partial charge on any atom is 0.309 e. The molecule has 0 radical (unpaired) electrons. The van der Waals surface area contributed by atoms with Gasteiger partial charge in [-0.3, -0.25) is 14.4 Å². The van der Waals surface area contributed by atoms with E-state index in [-0.39, 0.29) is 56.4 Å². The van der Waals surface area contributed by atoms with Crippen molar-refractivity contribution >= 4 is 17.8 Å². The van der Waals surface area contributed by atoms with Gasteiger partial charge in [0.15, 0.2) is 0 Å². The van der Waals surface area contributed by atoms with Gasteiger partial charge in [0, 0.05) is 12.5 Å². The summed E-state index contributed by atoms with van der Waals surface area (Å²) >= 11 is 0. The second-order valence-corrected chi connectivity index (χ2v) is 10.5. The highest BCUT2D eigenvalue weighted by atomic mass is 16.5. The monoisotopic (exact) mass is 578 g/mol. The number of rotatable bonds is 21. The van der Waals surface area contributed by atoms with E-state index >= 15 is 0 Å². The van der Waals surface area contributed by atoms with E-state index in [1.165, 1.54) is 0 Å². The van der Waals surface area contributed by atoms with E-state index in [9.17, 15) is 19.5 Å². The topological polar surface area (TPSA) is 114 Å². The molecule has 0 spiro atoms. The van der Waals surface area contributed by atoms with Crippen LogP contribution in [0.5, 0.6) is 0 Å². The molecule has 0 fully saturated rings. The van der Waals surface area contributed by atoms with Gasteiger partial charge in [0.25, 0.3) is 0 Å². The quantitative estimate of drug-likeness (QED) is 0.114. The largest absolute Gasteiger partial charge is 0.463 e. The predicted octanol–water partition coefficient (Wildman–Crippen LogP) is 4.53. The summed E-state index contributed by atoms with van der Waals surface area (Å²) in [5.74, 6) is -2.04. The molecule has 0 aliphatic carbocycles. The van der Waals surface area contributed by atoms with Crippen LogP contribution in [0.25, 0.3) is 0 Å². The maximum absolute atomic E-state index is 13.3. The fourth-order valence-corrected chi connectivity index (χ4v) is 4.44. The fraction of sp³-hybridized carbons (Fsp3) is 0.441. The van der Waals surface area contributed by atoms with Crippen LogP contribution in [0.4, 0.5) is 0 Å². The van der Waals surface area contributed by atoms with Crippen LogP contribution in [-0.4, -0.2) is 54.8 Å². The highest BCUT2D eigenvalue weighted by molar-refractivity contribution is 5.86. The molecule has 2 aromatic rings. The Morgan fingerprint density at radius 1 is 0.905 bits per heavy atom. The lowest BCUT2D eigenvalue weighted by Crippen LogP contribution is -2.46. The summed E-state index contributed by atoms with van der Waals surface area (Å²) in [5.41, 5.74) is 2.03. The number of unbranched alkanes of at least 4 members (excludes halogenated alkanes) is 1. The molecule has 0 saturated heterocycles.